The van der Waals surface area contributed by atoms with Gasteiger partial charge < -0.3 is 24.6 Å². The van der Waals surface area contributed by atoms with E-state index in [9.17, 15) is 9.90 Å². The Hall–Kier alpha value is -1.50. The van der Waals surface area contributed by atoms with Crippen molar-refractivity contribution in [3.63, 3.8) is 0 Å². The van der Waals surface area contributed by atoms with Gasteiger partial charge in [-0.2, -0.15) is 0 Å². The molecular formula is C19H24ClNO5. The second kappa shape index (κ2) is 6.01. The van der Waals surface area contributed by atoms with Crippen molar-refractivity contribution in [2.75, 3.05) is 20.2 Å². The van der Waals surface area contributed by atoms with Crippen molar-refractivity contribution in [2.24, 2.45) is 5.92 Å². The number of carboxylic acids is 1. The summed E-state index contributed by atoms with van der Waals surface area (Å²) in [6.45, 7) is 0.608. The Kier molecular flexibility index (Phi) is 4.13. The van der Waals surface area contributed by atoms with E-state index in [1.807, 2.05) is 6.07 Å². The quantitative estimate of drug-likeness (QED) is 0.828. The lowest BCUT2D eigenvalue weighted by atomic mass is 9.51. The smallest absolute Gasteiger partial charge is 0.341 e. The molecule has 5 rings (SSSR count). The first kappa shape index (κ1) is 17.9. The van der Waals surface area contributed by atoms with Crippen LogP contribution >= 0.6 is 12.4 Å². The molecule has 4 aliphatic rings. The molecule has 1 aromatic carbocycles. The summed E-state index contributed by atoms with van der Waals surface area (Å²) in [7, 11) is 2.20. The molecule has 142 valence electrons. The fourth-order valence-electron chi connectivity index (χ4n) is 5.95. The second-order valence-electron chi connectivity index (χ2n) is 7.94. The van der Waals surface area contributed by atoms with Gasteiger partial charge in [0, 0.05) is 17.0 Å². The average Bonchev–Trinajstić information content (AvgIpc) is 2.94. The first-order valence-corrected chi connectivity index (χ1v) is 9.08. The van der Waals surface area contributed by atoms with Crippen molar-refractivity contribution >= 4 is 18.4 Å². The van der Waals surface area contributed by atoms with Gasteiger partial charge in [-0.15, -0.1) is 12.4 Å². The van der Waals surface area contributed by atoms with E-state index in [1.54, 1.807) is 0 Å². The van der Waals surface area contributed by atoms with Crippen LogP contribution in [0.1, 0.15) is 30.4 Å². The maximum absolute atomic E-state index is 10.9. The zero-order valence-electron chi connectivity index (χ0n) is 14.7. The molecule has 0 unspecified atom stereocenters. The highest BCUT2D eigenvalue weighted by molar-refractivity contribution is 5.85. The number of carbonyl (C=O) groups is 1. The maximum atomic E-state index is 10.9. The van der Waals surface area contributed by atoms with E-state index in [0.717, 1.165) is 32.2 Å². The van der Waals surface area contributed by atoms with Crippen molar-refractivity contribution in [3.8, 4) is 11.5 Å². The predicted octanol–water partition coefficient (Wildman–Crippen LogP) is 1.60. The van der Waals surface area contributed by atoms with Crippen LogP contribution < -0.4 is 9.47 Å². The minimum atomic E-state index is -1.00. The third-order valence-electron chi connectivity index (χ3n) is 6.90. The van der Waals surface area contributed by atoms with Crippen LogP contribution in [0.3, 0.4) is 0 Å². The first-order valence-electron chi connectivity index (χ1n) is 9.08. The van der Waals surface area contributed by atoms with Crippen molar-refractivity contribution in [1.29, 1.82) is 0 Å². The van der Waals surface area contributed by atoms with Crippen LogP contribution in [-0.2, 0) is 16.6 Å². The number of rotatable bonds is 3. The van der Waals surface area contributed by atoms with Crippen LogP contribution in [0.4, 0.5) is 0 Å². The highest BCUT2D eigenvalue weighted by Crippen LogP contribution is 2.63. The Bertz CT molecular complexity index is 756. The van der Waals surface area contributed by atoms with Gasteiger partial charge in [0.05, 0.1) is 6.10 Å². The van der Waals surface area contributed by atoms with Gasteiger partial charge >= 0.3 is 5.97 Å². The fraction of sp³-hybridized carbons (Fsp3) is 0.632. The second-order valence-corrected chi connectivity index (χ2v) is 7.94. The van der Waals surface area contributed by atoms with Gasteiger partial charge in [-0.05, 0) is 56.8 Å². The van der Waals surface area contributed by atoms with E-state index >= 15 is 0 Å². The molecule has 1 saturated carbocycles. The normalized spacial score (nSPS) is 36.5. The maximum Gasteiger partial charge on any atom is 0.341 e. The van der Waals surface area contributed by atoms with Gasteiger partial charge in [0.1, 0.15) is 6.10 Å². The zero-order valence-corrected chi connectivity index (χ0v) is 15.5. The highest BCUT2D eigenvalue weighted by Gasteiger charge is 2.65. The molecule has 7 heteroatoms. The number of hydrogen-bond acceptors (Lipinski definition) is 5. The molecule has 5 atom stereocenters. The summed E-state index contributed by atoms with van der Waals surface area (Å²) in [5.74, 6) is 0.643. The molecule has 1 spiro atoms. The third kappa shape index (κ3) is 2.15. The lowest BCUT2D eigenvalue weighted by Crippen LogP contribution is -2.66. The van der Waals surface area contributed by atoms with Crippen LogP contribution in [0, 0.1) is 5.92 Å². The minimum absolute atomic E-state index is 0. The molecule has 26 heavy (non-hydrogen) atoms. The van der Waals surface area contributed by atoms with Gasteiger partial charge in [0.25, 0.3) is 0 Å². The van der Waals surface area contributed by atoms with E-state index in [2.05, 4.69) is 18.0 Å². The number of aliphatic hydroxyl groups is 1. The average molecular weight is 382 g/mol. The van der Waals surface area contributed by atoms with Crippen LogP contribution in [0.25, 0.3) is 0 Å². The number of nitrogens with zero attached hydrogens (tertiary/aromatic N) is 1. The molecule has 6 nitrogen and oxygen atoms in total. The Morgan fingerprint density at radius 1 is 1.42 bits per heavy atom. The standard InChI is InChI=1S/C19H23NO5.ClH/c1-20-7-6-19-11-3-4-13(21)18(19)25-17-14(24-9-15(22)23)5-2-10(16(17)19)8-12(11)20;/h2,5,11-13,18,21H,3-4,6-9H2,1H3,(H,22,23);1H/t11-,12+,13-,18-,19-;/m0./s1. The molecule has 2 fully saturated rings. The third-order valence-corrected chi connectivity index (χ3v) is 6.90. The number of piperidine rings is 1. The van der Waals surface area contributed by atoms with Crippen LogP contribution in [0.5, 0.6) is 11.5 Å². The number of likely N-dealkylation sites (N-methyl/N-ethyl adjacent to an activating group) is 1. The molecule has 2 N–H and O–H groups in total. The van der Waals surface area contributed by atoms with Crippen LogP contribution in [0.15, 0.2) is 12.1 Å². The number of hydrogen-bond donors (Lipinski definition) is 2. The van der Waals surface area contributed by atoms with Crippen LogP contribution in [-0.4, -0.2) is 59.5 Å². The Labute approximate surface area is 158 Å². The van der Waals surface area contributed by atoms with Gasteiger partial charge in [0.2, 0.25) is 0 Å². The SMILES string of the molecule is CN1CC[C@]23c4c5ccc(OCC(=O)O)c4O[C@H]2[C@@H](O)CC[C@H]3[C@H]1C5.Cl. The number of aliphatic hydroxyl groups excluding tert-OH is 1. The Morgan fingerprint density at radius 2 is 2.23 bits per heavy atom. The predicted molar refractivity (Wildman–Crippen MR) is 96.4 cm³/mol. The number of aliphatic carboxylic acids is 1. The molecule has 2 aliphatic carbocycles. The van der Waals surface area contributed by atoms with E-state index in [4.69, 9.17) is 14.6 Å². The molecule has 0 radical (unpaired) electrons. The molecule has 2 aliphatic heterocycles. The van der Waals surface area contributed by atoms with Crippen molar-refractivity contribution in [3.05, 3.63) is 23.3 Å². The summed E-state index contributed by atoms with van der Waals surface area (Å²) in [5.41, 5.74) is 2.30. The lowest BCUT2D eigenvalue weighted by molar-refractivity contribution is -0.139. The minimum Gasteiger partial charge on any atom is -0.483 e. The Morgan fingerprint density at radius 3 is 3.00 bits per heavy atom. The molecule has 1 aromatic rings. The molecule has 0 aromatic heterocycles. The van der Waals surface area contributed by atoms with E-state index in [0.29, 0.717) is 23.5 Å². The first-order chi connectivity index (χ1) is 12.0. The van der Waals surface area contributed by atoms with Gasteiger partial charge in [-0.3, -0.25) is 0 Å². The van der Waals surface area contributed by atoms with Crippen molar-refractivity contribution < 1.29 is 24.5 Å². The zero-order chi connectivity index (χ0) is 17.3. The number of carboxylic acid groups (broad SMARTS) is 1. The largest absolute Gasteiger partial charge is 0.483 e. The molecule has 0 amide bonds. The molecule has 1 saturated heterocycles. The Balaban J connectivity index is 0.00000168. The van der Waals surface area contributed by atoms with Gasteiger partial charge in [-0.25, -0.2) is 4.79 Å². The van der Waals surface area contributed by atoms with Crippen molar-refractivity contribution in [1.82, 2.24) is 4.90 Å². The van der Waals surface area contributed by atoms with E-state index in [1.165, 1.54) is 11.1 Å². The summed E-state index contributed by atoms with van der Waals surface area (Å²) in [4.78, 5) is 13.4. The number of ether oxygens (including phenoxy) is 2. The molecule has 2 bridgehead atoms. The summed E-state index contributed by atoms with van der Waals surface area (Å²) in [5, 5.41) is 19.6. The van der Waals surface area contributed by atoms with E-state index in [-0.39, 0.29) is 30.5 Å². The summed E-state index contributed by atoms with van der Waals surface area (Å²) >= 11 is 0. The summed E-state index contributed by atoms with van der Waals surface area (Å²) < 4.78 is 11.8. The van der Waals surface area contributed by atoms with E-state index < -0.39 is 12.1 Å². The van der Waals surface area contributed by atoms with Gasteiger partial charge in [0.15, 0.2) is 18.1 Å². The molecular weight excluding hydrogens is 358 g/mol. The fourth-order valence-corrected chi connectivity index (χ4v) is 5.95. The van der Waals surface area contributed by atoms with Gasteiger partial charge in [-0.1, -0.05) is 6.07 Å². The number of halogens is 1. The van der Waals surface area contributed by atoms with Crippen molar-refractivity contribution in [2.45, 2.75) is 49.3 Å². The summed E-state index contributed by atoms with van der Waals surface area (Å²) in [6, 6.07) is 4.37. The summed E-state index contributed by atoms with van der Waals surface area (Å²) in [6.07, 6.45) is 2.99. The monoisotopic (exact) mass is 381 g/mol. The topological polar surface area (TPSA) is 79.2 Å². The number of likely N-dealkylation sites (tertiary alicyclic amines) is 1. The highest BCUT2D eigenvalue weighted by atomic mass is 35.5. The molecule has 2 heterocycles. The number of benzene rings is 1. The van der Waals surface area contributed by atoms with Crippen LogP contribution in [0.2, 0.25) is 0 Å². The lowest BCUT2D eigenvalue weighted by Gasteiger charge is -2.58.